The molecule has 0 aliphatic heterocycles. The third kappa shape index (κ3) is 3.71. The maximum absolute atomic E-state index is 12.3. The van der Waals surface area contributed by atoms with Gasteiger partial charge in [-0.1, -0.05) is 12.1 Å². The summed E-state index contributed by atoms with van der Waals surface area (Å²) in [4.78, 5) is 15.6. The molecule has 0 saturated heterocycles. The number of H-pyrrole nitrogens is 1. The highest BCUT2D eigenvalue weighted by molar-refractivity contribution is 7.89. The molecule has 1 aromatic heterocycles. The van der Waals surface area contributed by atoms with Crippen LogP contribution in [0.3, 0.4) is 0 Å². The summed E-state index contributed by atoms with van der Waals surface area (Å²) in [6.07, 6.45) is 0. The molecule has 0 bridgehead atoms. The van der Waals surface area contributed by atoms with E-state index in [1.165, 1.54) is 19.2 Å². The Morgan fingerprint density at radius 1 is 1.12 bits per heavy atom. The number of aromatic nitrogens is 1. The molecule has 0 radical (unpaired) electrons. The van der Waals surface area contributed by atoms with Crippen LogP contribution in [0, 0.1) is 0 Å². The Bertz CT molecular complexity index is 1040. The van der Waals surface area contributed by atoms with E-state index in [0.29, 0.717) is 11.4 Å². The Balaban J connectivity index is 1.69. The molecular weight excluding hydrogens is 354 g/mol. The molecule has 0 aliphatic carbocycles. The fourth-order valence-electron chi connectivity index (χ4n) is 2.54. The van der Waals surface area contributed by atoms with E-state index in [2.05, 4.69) is 15.0 Å². The summed E-state index contributed by atoms with van der Waals surface area (Å²) in [5, 5.41) is 3.72. The van der Waals surface area contributed by atoms with Crippen LogP contribution in [0.4, 0.5) is 0 Å². The quantitative estimate of drug-likeness (QED) is 0.615. The molecule has 3 aromatic rings. The van der Waals surface area contributed by atoms with Gasteiger partial charge in [0, 0.05) is 23.5 Å². The van der Waals surface area contributed by atoms with E-state index in [1.807, 2.05) is 18.2 Å². The van der Waals surface area contributed by atoms with Crippen LogP contribution in [0.5, 0.6) is 5.75 Å². The van der Waals surface area contributed by atoms with Crippen molar-refractivity contribution in [2.24, 2.45) is 0 Å². The lowest BCUT2D eigenvalue weighted by molar-refractivity contribution is 0.0946. The Morgan fingerprint density at radius 2 is 1.85 bits per heavy atom. The van der Waals surface area contributed by atoms with E-state index in [-0.39, 0.29) is 17.3 Å². The van der Waals surface area contributed by atoms with Gasteiger partial charge in [0.2, 0.25) is 10.0 Å². The van der Waals surface area contributed by atoms with Crippen molar-refractivity contribution in [3.63, 3.8) is 0 Å². The zero-order valence-electron chi connectivity index (χ0n) is 14.4. The number of sulfonamides is 1. The normalized spacial score (nSPS) is 11.5. The lowest BCUT2D eigenvalue weighted by atomic mass is 10.2. The minimum atomic E-state index is -3.46. The maximum atomic E-state index is 12.3. The second-order valence-electron chi connectivity index (χ2n) is 5.67. The average molecular weight is 373 g/mol. The van der Waals surface area contributed by atoms with Gasteiger partial charge >= 0.3 is 0 Å². The molecule has 3 N–H and O–H groups in total. The molecule has 0 fully saturated rings. The first kappa shape index (κ1) is 18.0. The molecule has 0 atom stereocenters. The van der Waals surface area contributed by atoms with E-state index in [9.17, 15) is 13.2 Å². The number of fused-ring (bicyclic) bond motifs is 1. The summed E-state index contributed by atoms with van der Waals surface area (Å²) in [6, 6.07) is 13.6. The van der Waals surface area contributed by atoms with Crippen molar-refractivity contribution in [2.45, 2.75) is 11.4 Å². The molecule has 0 spiro atoms. The predicted octanol–water partition coefficient (Wildman–Crippen LogP) is 2.01. The van der Waals surface area contributed by atoms with Gasteiger partial charge in [-0.2, -0.15) is 0 Å². The fourth-order valence-corrected chi connectivity index (χ4v) is 3.27. The topological polar surface area (TPSA) is 100 Å². The highest BCUT2D eigenvalue weighted by Gasteiger charge is 2.12. The van der Waals surface area contributed by atoms with Gasteiger partial charge in [-0.25, -0.2) is 13.1 Å². The second-order valence-corrected chi connectivity index (χ2v) is 7.56. The zero-order valence-corrected chi connectivity index (χ0v) is 15.2. The van der Waals surface area contributed by atoms with E-state index in [1.54, 1.807) is 25.3 Å². The first-order valence-electron chi connectivity index (χ1n) is 7.90. The maximum Gasteiger partial charge on any atom is 0.267 e. The molecule has 3 rings (SSSR count). The smallest absolute Gasteiger partial charge is 0.267 e. The van der Waals surface area contributed by atoms with E-state index in [0.717, 1.165) is 16.5 Å². The summed E-state index contributed by atoms with van der Waals surface area (Å²) in [6.45, 7) is 0.289. The number of carbonyl (C=O) groups excluding carboxylic acids is 1. The first-order valence-corrected chi connectivity index (χ1v) is 9.39. The molecule has 7 nitrogen and oxygen atoms in total. The molecule has 1 heterocycles. The number of benzene rings is 2. The van der Waals surface area contributed by atoms with E-state index in [4.69, 9.17) is 4.74 Å². The van der Waals surface area contributed by atoms with Gasteiger partial charge in [-0.3, -0.25) is 4.79 Å². The molecule has 0 unspecified atom stereocenters. The molecule has 8 heteroatoms. The Kier molecular flexibility index (Phi) is 4.97. The molecular formula is C18H19N3O4S. The van der Waals surface area contributed by atoms with Crippen molar-refractivity contribution < 1.29 is 17.9 Å². The highest BCUT2D eigenvalue weighted by atomic mass is 32.2. The lowest BCUT2D eigenvalue weighted by Gasteiger charge is -2.06. The van der Waals surface area contributed by atoms with Crippen LogP contribution in [-0.2, 0) is 16.6 Å². The van der Waals surface area contributed by atoms with Crippen molar-refractivity contribution in [1.82, 2.24) is 15.0 Å². The number of nitrogens with one attached hydrogen (secondary N) is 3. The van der Waals surface area contributed by atoms with Crippen molar-refractivity contribution in [2.75, 3.05) is 14.2 Å². The van der Waals surface area contributed by atoms with Crippen LogP contribution in [-0.4, -0.2) is 33.5 Å². The molecule has 26 heavy (non-hydrogen) atoms. The minimum Gasteiger partial charge on any atom is -0.497 e. The molecule has 0 saturated carbocycles. The van der Waals surface area contributed by atoms with Crippen molar-refractivity contribution in [3.05, 3.63) is 59.8 Å². The molecule has 1 amide bonds. The summed E-state index contributed by atoms with van der Waals surface area (Å²) >= 11 is 0. The van der Waals surface area contributed by atoms with Crippen LogP contribution < -0.4 is 14.8 Å². The minimum absolute atomic E-state index is 0.180. The fraction of sp³-hybridized carbons (Fsp3) is 0.167. The Hall–Kier alpha value is -2.84. The number of amides is 1. The summed E-state index contributed by atoms with van der Waals surface area (Å²) in [7, 11) is -0.514. The third-order valence-corrected chi connectivity index (χ3v) is 5.46. The average Bonchev–Trinajstić information content (AvgIpc) is 3.09. The monoisotopic (exact) mass is 373 g/mol. The van der Waals surface area contributed by atoms with Crippen molar-refractivity contribution in [1.29, 1.82) is 0 Å². The summed E-state index contributed by atoms with van der Waals surface area (Å²) in [5.41, 5.74) is 2.06. The number of carbonyl (C=O) groups is 1. The largest absolute Gasteiger partial charge is 0.497 e. The number of hydrogen-bond acceptors (Lipinski definition) is 4. The highest BCUT2D eigenvalue weighted by Crippen LogP contribution is 2.21. The lowest BCUT2D eigenvalue weighted by Crippen LogP contribution is -2.23. The number of methoxy groups -OCH3 is 1. The van der Waals surface area contributed by atoms with Crippen LogP contribution >= 0.6 is 0 Å². The second kappa shape index (κ2) is 7.19. The van der Waals surface area contributed by atoms with Gasteiger partial charge in [0.25, 0.3) is 5.91 Å². The summed E-state index contributed by atoms with van der Waals surface area (Å²) < 4.78 is 30.8. The van der Waals surface area contributed by atoms with Gasteiger partial charge in [-0.15, -0.1) is 0 Å². The summed E-state index contributed by atoms with van der Waals surface area (Å²) in [5.74, 6) is 0.468. The molecule has 0 aliphatic rings. The first-order chi connectivity index (χ1) is 12.4. The van der Waals surface area contributed by atoms with E-state index >= 15 is 0 Å². The molecule has 2 aromatic carbocycles. The van der Waals surface area contributed by atoms with Gasteiger partial charge in [0.15, 0.2) is 0 Å². The number of ether oxygens (including phenoxy) is 1. The van der Waals surface area contributed by atoms with Crippen LogP contribution in [0.2, 0.25) is 0 Å². The standard InChI is InChI=1S/C18H19N3O4S/c1-19-26(23,24)15-7-3-12(4-8-15)11-20-18(22)17-9-13-5-6-14(25-2)10-16(13)21-17/h3-10,19,21H,11H2,1-2H3,(H,20,22). The third-order valence-electron chi connectivity index (χ3n) is 4.03. The zero-order chi connectivity index (χ0) is 18.7. The molecule has 136 valence electrons. The van der Waals surface area contributed by atoms with Crippen molar-refractivity contribution >= 4 is 26.8 Å². The number of aromatic amines is 1. The van der Waals surface area contributed by atoms with Gasteiger partial charge in [0.1, 0.15) is 11.4 Å². The predicted molar refractivity (Wildman–Crippen MR) is 98.7 cm³/mol. The van der Waals surface area contributed by atoms with Crippen LogP contribution in [0.1, 0.15) is 16.1 Å². The van der Waals surface area contributed by atoms with Gasteiger partial charge in [-0.05, 0) is 42.9 Å². The van der Waals surface area contributed by atoms with Gasteiger partial charge in [0.05, 0.1) is 12.0 Å². The number of hydrogen-bond donors (Lipinski definition) is 3. The van der Waals surface area contributed by atoms with Crippen LogP contribution in [0.15, 0.2) is 53.4 Å². The van der Waals surface area contributed by atoms with E-state index < -0.39 is 10.0 Å². The van der Waals surface area contributed by atoms with Crippen molar-refractivity contribution in [3.8, 4) is 5.75 Å². The van der Waals surface area contributed by atoms with Crippen LogP contribution in [0.25, 0.3) is 10.9 Å². The Morgan fingerprint density at radius 3 is 2.50 bits per heavy atom. The Labute approximate surface area is 151 Å². The SMILES string of the molecule is CNS(=O)(=O)c1ccc(CNC(=O)c2cc3ccc(OC)cc3[nH]2)cc1. The van der Waals surface area contributed by atoms with Gasteiger partial charge < -0.3 is 15.0 Å². The number of rotatable bonds is 6.